The minimum atomic E-state index is -3.76. The molecule has 140 valence electrons. The Morgan fingerprint density at radius 1 is 0.889 bits per heavy atom. The lowest BCUT2D eigenvalue weighted by Crippen LogP contribution is -2.30. The maximum atomic E-state index is 13.3. The number of sulfonamides is 1. The van der Waals surface area contributed by atoms with E-state index in [1.54, 1.807) is 60.7 Å². The maximum absolute atomic E-state index is 13.3. The number of hydrogen-bond donors (Lipinski definition) is 0. The Kier molecular flexibility index (Phi) is 6.04. The van der Waals surface area contributed by atoms with E-state index in [1.165, 1.54) is 4.31 Å². The Hall–Kier alpha value is -2.50. The van der Waals surface area contributed by atoms with Crippen molar-refractivity contribution < 1.29 is 13.2 Å². The largest absolute Gasteiger partial charge is 0.494 e. The highest BCUT2D eigenvalue weighted by atomic mass is 35.5. The second-order valence-corrected chi connectivity index (χ2v) is 8.11. The molecule has 0 heterocycles. The normalized spacial score (nSPS) is 11.2. The lowest BCUT2D eigenvalue weighted by Gasteiger charge is -2.25. The fraction of sp³-hybridized carbons (Fsp3) is 0.143. The Bertz CT molecular complexity index is 989. The van der Waals surface area contributed by atoms with Gasteiger partial charge in [0.15, 0.2) is 0 Å². The second-order valence-electron chi connectivity index (χ2n) is 5.84. The van der Waals surface area contributed by atoms with Crippen LogP contribution in [0.15, 0.2) is 83.8 Å². The molecule has 0 radical (unpaired) electrons. The van der Waals surface area contributed by atoms with E-state index in [1.807, 2.05) is 25.1 Å². The van der Waals surface area contributed by atoms with Gasteiger partial charge in [0.2, 0.25) is 0 Å². The topological polar surface area (TPSA) is 46.6 Å². The minimum Gasteiger partial charge on any atom is -0.494 e. The van der Waals surface area contributed by atoms with Gasteiger partial charge in [0.1, 0.15) is 5.75 Å². The minimum absolute atomic E-state index is 0.130. The Balaban J connectivity index is 2.05. The Labute approximate surface area is 165 Å². The molecule has 3 aromatic rings. The van der Waals surface area contributed by atoms with Gasteiger partial charge in [0.05, 0.1) is 23.7 Å². The van der Waals surface area contributed by atoms with E-state index < -0.39 is 10.0 Å². The van der Waals surface area contributed by atoms with E-state index in [0.29, 0.717) is 23.1 Å². The van der Waals surface area contributed by atoms with Crippen LogP contribution in [0.1, 0.15) is 12.5 Å². The van der Waals surface area contributed by atoms with Crippen molar-refractivity contribution in [3.8, 4) is 5.75 Å². The average molecular weight is 402 g/mol. The van der Waals surface area contributed by atoms with E-state index in [4.69, 9.17) is 16.3 Å². The highest BCUT2D eigenvalue weighted by Gasteiger charge is 2.25. The van der Waals surface area contributed by atoms with Gasteiger partial charge in [-0.15, -0.1) is 0 Å². The molecule has 4 nitrogen and oxygen atoms in total. The SMILES string of the molecule is CCOc1ccc(N(Cc2ccccc2Cl)S(=O)(=O)c2ccccc2)cc1. The van der Waals surface area contributed by atoms with Crippen LogP contribution in [0.25, 0.3) is 0 Å². The Morgan fingerprint density at radius 2 is 1.52 bits per heavy atom. The van der Waals surface area contributed by atoms with Crippen molar-refractivity contribution in [2.75, 3.05) is 10.9 Å². The third-order valence-corrected chi connectivity index (χ3v) is 6.20. The highest BCUT2D eigenvalue weighted by molar-refractivity contribution is 7.92. The third-order valence-electron chi connectivity index (χ3n) is 4.04. The van der Waals surface area contributed by atoms with Crippen LogP contribution >= 0.6 is 11.6 Å². The number of rotatable bonds is 7. The molecule has 3 rings (SSSR count). The van der Waals surface area contributed by atoms with Gasteiger partial charge in [-0.3, -0.25) is 4.31 Å². The zero-order chi connectivity index (χ0) is 19.3. The van der Waals surface area contributed by atoms with Gasteiger partial charge in [-0.05, 0) is 55.0 Å². The molecule has 6 heteroatoms. The summed E-state index contributed by atoms with van der Waals surface area (Å²) in [5, 5.41) is 0.525. The van der Waals surface area contributed by atoms with E-state index in [0.717, 1.165) is 5.56 Å². The predicted molar refractivity (Wildman–Crippen MR) is 109 cm³/mol. The van der Waals surface area contributed by atoms with Gasteiger partial charge in [-0.2, -0.15) is 0 Å². The summed E-state index contributed by atoms with van der Waals surface area (Å²) in [6.07, 6.45) is 0. The molecule has 0 aliphatic carbocycles. The number of benzene rings is 3. The lowest BCUT2D eigenvalue weighted by molar-refractivity contribution is 0.340. The van der Waals surface area contributed by atoms with Crippen molar-refractivity contribution in [2.45, 2.75) is 18.4 Å². The first-order valence-corrected chi connectivity index (χ1v) is 10.4. The molecule has 0 atom stereocenters. The van der Waals surface area contributed by atoms with Gasteiger partial charge in [-0.25, -0.2) is 8.42 Å². The van der Waals surface area contributed by atoms with Crippen LogP contribution in [-0.2, 0) is 16.6 Å². The molecule has 3 aromatic carbocycles. The Morgan fingerprint density at radius 3 is 2.15 bits per heavy atom. The molecule has 27 heavy (non-hydrogen) atoms. The molecular formula is C21H20ClNO3S. The standard InChI is InChI=1S/C21H20ClNO3S/c1-2-26-19-14-12-18(13-15-19)23(16-17-8-6-7-11-21(17)22)27(24,25)20-9-4-3-5-10-20/h3-15H,2,16H2,1H3. The molecule has 0 aliphatic heterocycles. The molecule has 0 fully saturated rings. The zero-order valence-electron chi connectivity index (χ0n) is 14.9. The quantitative estimate of drug-likeness (QED) is 0.551. The molecule has 0 saturated carbocycles. The van der Waals surface area contributed by atoms with Gasteiger partial charge < -0.3 is 4.74 Å². The molecule has 0 aromatic heterocycles. The smallest absolute Gasteiger partial charge is 0.264 e. The number of ether oxygens (including phenoxy) is 1. The first-order chi connectivity index (χ1) is 13.0. The first-order valence-electron chi connectivity index (χ1n) is 8.56. The average Bonchev–Trinajstić information content (AvgIpc) is 2.69. The van der Waals surface area contributed by atoms with Gasteiger partial charge >= 0.3 is 0 Å². The van der Waals surface area contributed by atoms with E-state index in [9.17, 15) is 8.42 Å². The summed E-state index contributed by atoms with van der Waals surface area (Å²) in [5.41, 5.74) is 1.27. The van der Waals surface area contributed by atoms with Gasteiger partial charge in [0, 0.05) is 5.02 Å². The molecular weight excluding hydrogens is 382 g/mol. The van der Waals surface area contributed by atoms with Crippen molar-refractivity contribution >= 4 is 27.3 Å². The van der Waals surface area contributed by atoms with E-state index >= 15 is 0 Å². The third kappa shape index (κ3) is 4.43. The molecule has 0 bridgehead atoms. The highest BCUT2D eigenvalue weighted by Crippen LogP contribution is 2.29. The second kappa shape index (κ2) is 8.46. The van der Waals surface area contributed by atoms with Crippen LogP contribution in [0.2, 0.25) is 5.02 Å². The van der Waals surface area contributed by atoms with Gasteiger partial charge in [-0.1, -0.05) is 48.0 Å². The molecule has 0 spiro atoms. The molecule has 0 N–H and O–H groups in total. The zero-order valence-corrected chi connectivity index (χ0v) is 16.5. The summed E-state index contributed by atoms with van der Waals surface area (Å²) < 4.78 is 33.4. The summed E-state index contributed by atoms with van der Waals surface area (Å²) in [6, 6.07) is 22.6. The summed E-state index contributed by atoms with van der Waals surface area (Å²) in [6.45, 7) is 2.58. The monoisotopic (exact) mass is 401 g/mol. The van der Waals surface area contributed by atoms with Crippen LogP contribution in [0.3, 0.4) is 0 Å². The van der Waals surface area contributed by atoms with Crippen molar-refractivity contribution in [3.63, 3.8) is 0 Å². The number of hydrogen-bond acceptors (Lipinski definition) is 3. The van der Waals surface area contributed by atoms with Crippen LogP contribution < -0.4 is 9.04 Å². The number of nitrogens with zero attached hydrogens (tertiary/aromatic N) is 1. The van der Waals surface area contributed by atoms with Crippen molar-refractivity contribution in [1.82, 2.24) is 0 Å². The van der Waals surface area contributed by atoms with Crippen LogP contribution in [0.5, 0.6) is 5.75 Å². The van der Waals surface area contributed by atoms with Crippen LogP contribution in [0, 0.1) is 0 Å². The molecule has 0 aliphatic rings. The van der Waals surface area contributed by atoms with Crippen LogP contribution in [-0.4, -0.2) is 15.0 Å². The van der Waals surface area contributed by atoms with E-state index in [2.05, 4.69) is 0 Å². The fourth-order valence-electron chi connectivity index (χ4n) is 2.69. The van der Waals surface area contributed by atoms with Crippen molar-refractivity contribution in [1.29, 1.82) is 0 Å². The molecule has 0 unspecified atom stereocenters. The summed E-state index contributed by atoms with van der Waals surface area (Å²) in [5.74, 6) is 0.691. The molecule has 0 saturated heterocycles. The first kappa shape index (κ1) is 19.3. The van der Waals surface area contributed by atoms with E-state index in [-0.39, 0.29) is 11.4 Å². The summed E-state index contributed by atoms with van der Waals surface area (Å²) >= 11 is 6.28. The fourth-order valence-corrected chi connectivity index (χ4v) is 4.35. The van der Waals surface area contributed by atoms with Crippen molar-refractivity contribution in [3.05, 3.63) is 89.4 Å². The van der Waals surface area contributed by atoms with Gasteiger partial charge in [0.25, 0.3) is 10.0 Å². The van der Waals surface area contributed by atoms with Crippen molar-refractivity contribution in [2.24, 2.45) is 0 Å². The number of anilines is 1. The van der Waals surface area contributed by atoms with Crippen LogP contribution in [0.4, 0.5) is 5.69 Å². The predicted octanol–water partition coefficient (Wildman–Crippen LogP) is 5.13. The summed E-state index contributed by atoms with van der Waals surface area (Å²) in [4.78, 5) is 0.228. The molecule has 0 amide bonds. The summed E-state index contributed by atoms with van der Waals surface area (Å²) in [7, 11) is -3.76. The maximum Gasteiger partial charge on any atom is 0.264 e. The lowest BCUT2D eigenvalue weighted by atomic mass is 10.2. The number of halogens is 1.